The standard InChI is InChI=1S/C10H16N2O/c1-8-3-4-13-10(5-8)9-6-11-12(2)7-9/h6-8,10H,3-5H2,1-2H3/t8?,10-/m0/s1. The van der Waals surface area contributed by atoms with E-state index in [2.05, 4.69) is 12.0 Å². The Labute approximate surface area is 78.7 Å². The smallest absolute Gasteiger partial charge is 0.0857 e. The molecule has 1 fully saturated rings. The van der Waals surface area contributed by atoms with Crippen LogP contribution in [0, 0.1) is 5.92 Å². The van der Waals surface area contributed by atoms with Gasteiger partial charge in [0.05, 0.1) is 12.3 Å². The van der Waals surface area contributed by atoms with Crippen molar-refractivity contribution in [1.29, 1.82) is 0 Å². The molecule has 0 N–H and O–H groups in total. The van der Waals surface area contributed by atoms with E-state index < -0.39 is 0 Å². The zero-order valence-corrected chi connectivity index (χ0v) is 8.23. The van der Waals surface area contributed by atoms with Gasteiger partial charge in [-0.2, -0.15) is 5.10 Å². The Bertz CT molecular complexity index is 282. The molecule has 0 spiro atoms. The minimum atomic E-state index is 0.275. The van der Waals surface area contributed by atoms with Gasteiger partial charge in [-0.15, -0.1) is 0 Å². The third-order valence-corrected chi connectivity index (χ3v) is 2.64. The number of aryl methyl sites for hydroxylation is 1. The second kappa shape index (κ2) is 3.50. The predicted octanol–water partition coefficient (Wildman–Crippen LogP) is 1.91. The highest BCUT2D eigenvalue weighted by atomic mass is 16.5. The van der Waals surface area contributed by atoms with Gasteiger partial charge in [-0.1, -0.05) is 6.92 Å². The summed E-state index contributed by atoms with van der Waals surface area (Å²) in [5.41, 5.74) is 1.22. The van der Waals surface area contributed by atoms with E-state index in [1.165, 1.54) is 12.0 Å². The summed E-state index contributed by atoms with van der Waals surface area (Å²) in [4.78, 5) is 0. The largest absolute Gasteiger partial charge is 0.373 e. The van der Waals surface area contributed by atoms with Crippen molar-refractivity contribution in [3.8, 4) is 0 Å². The molecule has 0 amide bonds. The molecule has 1 saturated heterocycles. The first-order chi connectivity index (χ1) is 6.25. The van der Waals surface area contributed by atoms with E-state index in [9.17, 15) is 0 Å². The molecule has 2 atom stereocenters. The minimum absolute atomic E-state index is 0.275. The van der Waals surface area contributed by atoms with Crippen LogP contribution < -0.4 is 0 Å². The van der Waals surface area contributed by atoms with E-state index in [0.717, 1.165) is 18.9 Å². The zero-order valence-electron chi connectivity index (χ0n) is 8.23. The van der Waals surface area contributed by atoms with Gasteiger partial charge in [-0.3, -0.25) is 4.68 Å². The molecule has 1 aromatic rings. The van der Waals surface area contributed by atoms with Gasteiger partial charge in [0.25, 0.3) is 0 Å². The number of aromatic nitrogens is 2. The molecule has 13 heavy (non-hydrogen) atoms. The molecule has 0 aromatic carbocycles. The van der Waals surface area contributed by atoms with Crippen molar-refractivity contribution in [2.24, 2.45) is 13.0 Å². The Morgan fingerprint density at radius 3 is 3.08 bits per heavy atom. The van der Waals surface area contributed by atoms with Crippen LogP contribution in [0.4, 0.5) is 0 Å². The first-order valence-corrected chi connectivity index (χ1v) is 4.86. The molecular weight excluding hydrogens is 164 g/mol. The number of ether oxygens (including phenoxy) is 1. The molecule has 3 heteroatoms. The van der Waals surface area contributed by atoms with Crippen LogP contribution in [0.5, 0.6) is 0 Å². The van der Waals surface area contributed by atoms with Crippen molar-refractivity contribution in [1.82, 2.24) is 9.78 Å². The summed E-state index contributed by atoms with van der Waals surface area (Å²) < 4.78 is 7.53. The van der Waals surface area contributed by atoms with Crippen molar-refractivity contribution in [3.63, 3.8) is 0 Å². The Morgan fingerprint density at radius 1 is 1.62 bits per heavy atom. The lowest BCUT2D eigenvalue weighted by molar-refractivity contribution is -0.00636. The SMILES string of the molecule is CC1CCO[C@H](c2cnn(C)c2)C1. The van der Waals surface area contributed by atoms with E-state index in [-0.39, 0.29) is 6.10 Å². The average molecular weight is 180 g/mol. The maximum absolute atomic E-state index is 5.69. The number of rotatable bonds is 1. The van der Waals surface area contributed by atoms with Crippen LogP contribution in [-0.4, -0.2) is 16.4 Å². The molecule has 2 heterocycles. The summed E-state index contributed by atoms with van der Waals surface area (Å²) in [6.07, 6.45) is 6.55. The van der Waals surface area contributed by atoms with Crippen molar-refractivity contribution in [2.45, 2.75) is 25.9 Å². The van der Waals surface area contributed by atoms with Gasteiger partial charge in [-0.25, -0.2) is 0 Å². The average Bonchev–Trinajstić information content (AvgIpc) is 2.52. The topological polar surface area (TPSA) is 27.1 Å². The van der Waals surface area contributed by atoms with Crippen molar-refractivity contribution in [2.75, 3.05) is 6.61 Å². The molecular formula is C10H16N2O. The van der Waals surface area contributed by atoms with Crippen LogP contribution in [-0.2, 0) is 11.8 Å². The Kier molecular flexibility index (Phi) is 2.36. The van der Waals surface area contributed by atoms with E-state index in [1.807, 2.05) is 24.1 Å². The molecule has 1 aliphatic rings. The number of nitrogens with zero attached hydrogens (tertiary/aromatic N) is 2. The quantitative estimate of drug-likeness (QED) is 0.660. The van der Waals surface area contributed by atoms with E-state index in [1.54, 1.807) is 0 Å². The third kappa shape index (κ3) is 1.91. The third-order valence-electron chi connectivity index (χ3n) is 2.64. The predicted molar refractivity (Wildman–Crippen MR) is 50.3 cm³/mol. The van der Waals surface area contributed by atoms with Crippen LogP contribution in [0.15, 0.2) is 12.4 Å². The summed E-state index contributed by atoms with van der Waals surface area (Å²) in [6.45, 7) is 3.17. The normalized spacial score (nSPS) is 29.1. The first-order valence-electron chi connectivity index (χ1n) is 4.86. The Balaban J connectivity index is 2.08. The van der Waals surface area contributed by atoms with E-state index >= 15 is 0 Å². The lowest BCUT2D eigenvalue weighted by atomic mass is 9.95. The van der Waals surface area contributed by atoms with E-state index in [0.29, 0.717) is 0 Å². The van der Waals surface area contributed by atoms with Crippen LogP contribution in [0.3, 0.4) is 0 Å². The maximum Gasteiger partial charge on any atom is 0.0857 e. The number of hydrogen-bond acceptors (Lipinski definition) is 2. The van der Waals surface area contributed by atoms with Crippen LogP contribution in [0.1, 0.15) is 31.4 Å². The zero-order chi connectivity index (χ0) is 9.26. The van der Waals surface area contributed by atoms with Crippen LogP contribution in [0.2, 0.25) is 0 Å². The van der Waals surface area contributed by atoms with Gasteiger partial charge in [0, 0.05) is 25.4 Å². The van der Waals surface area contributed by atoms with Crippen LogP contribution in [0.25, 0.3) is 0 Å². The number of hydrogen-bond donors (Lipinski definition) is 0. The van der Waals surface area contributed by atoms with Gasteiger partial charge < -0.3 is 4.74 Å². The second-order valence-electron chi connectivity index (χ2n) is 3.94. The van der Waals surface area contributed by atoms with Crippen LogP contribution >= 0.6 is 0 Å². The molecule has 72 valence electrons. The summed E-state index contributed by atoms with van der Waals surface area (Å²) in [5, 5.41) is 4.15. The Morgan fingerprint density at radius 2 is 2.46 bits per heavy atom. The van der Waals surface area contributed by atoms with Gasteiger partial charge in [0.2, 0.25) is 0 Å². The highest BCUT2D eigenvalue weighted by Gasteiger charge is 2.21. The summed E-state index contributed by atoms with van der Waals surface area (Å²) >= 11 is 0. The van der Waals surface area contributed by atoms with Crippen molar-refractivity contribution < 1.29 is 4.74 Å². The fourth-order valence-electron chi connectivity index (χ4n) is 1.80. The summed E-state index contributed by atoms with van der Waals surface area (Å²) in [6, 6.07) is 0. The molecule has 0 aliphatic carbocycles. The highest BCUT2D eigenvalue weighted by Crippen LogP contribution is 2.30. The van der Waals surface area contributed by atoms with Gasteiger partial charge >= 0.3 is 0 Å². The van der Waals surface area contributed by atoms with Crippen molar-refractivity contribution in [3.05, 3.63) is 18.0 Å². The molecule has 2 rings (SSSR count). The molecule has 1 aliphatic heterocycles. The maximum atomic E-state index is 5.69. The van der Waals surface area contributed by atoms with Crippen molar-refractivity contribution >= 4 is 0 Å². The molecule has 3 nitrogen and oxygen atoms in total. The first kappa shape index (κ1) is 8.75. The molecule has 1 aromatic heterocycles. The van der Waals surface area contributed by atoms with Gasteiger partial charge in [0.1, 0.15) is 0 Å². The summed E-state index contributed by atoms with van der Waals surface area (Å²) in [5.74, 6) is 0.777. The van der Waals surface area contributed by atoms with Gasteiger partial charge in [0.15, 0.2) is 0 Å². The Hall–Kier alpha value is -0.830. The minimum Gasteiger partial charge on any atom is -0.373 e. The summed E-state index contributed by atoms with van der Waals surface area (Å²) in [7, 11) is 1.94. The van der Waals surface area contributed by atoms with E-state index in [4.69, 9.17) is 4.74 Å². The fourth-order valence-corrected chi connectivity index (χ4v) is 1.80. The lowest BCUT2D eigenvalue weighted by Crippen LogP contribution is -2.17. The fraction of sp³-hybridized carbons (Fsp3) is 0.700. The highest BCUT2D eigenvalue weighted by molar-refractivity contribution is 5.08. The molecule has 0 saturated carbocycles. The van der Waals surface area contributed by atoms with Gasteiger partial charge in [-0.05, 0) is 18.8 Å². The lowest BCUT2D eigenvalue weighted by Gasteiger charge is -2.26. The molecule has 0 radical (unpaired) electrons. The molecule has 0 bridgehead atoms. The molecule has 1 unspecified atom stereocenters. The second-order valence-corrected chi connectivity index (χ2v) is 3.94. The monoisotopic (exact) mass is 180 g/mol.